The smallest absolute Gasteiger partial charge is 0.309 e. The number of allylic oxidation sites excluding steroid dienone is 1. The Labute approximate surface area is 96.7 Å². The number of carbonyl (C=O) groups is 2. The van der Waals surface area contributed by atoms with Crippen molar-refractivity contribution < 1.29 is 18.8 Å². The molecule has 1 fully saturated rings. The predicted molar refractivity (Wildman–Crippen MR) is 62.3 cm³/mol. The number of ether oxygens (including phenoxy) is 1. The van der Waals surface area contributed by atoms with Gasteiger partial charge >= 0.3 is 5.97 Å². The molecule has 1 aliphatic heterocycles. The number of hydrogen-bond acceptors (Lipinski definition) is 4. The van der Waals surface area contributed by atoms with E-state index < -0.39 is 14.4 Å². The van der Waals surface area contributed by atoms with E-state index in [-0.39, 0.29) is 18.5 Å². The second-order valence-electron chi connectivity index (χ2n) is 4.63. The summed E-state index contributed by atoms with van der Waals surface area (Å²) in [5.41, 5.74) is 0. The number of hydrogen-bond donors (Lipinski definition) is 0. The van der Waals surface area contributed by atoms with Crippen LogP contribution in [0, 0.1) is 0 Å². The van der Waals surface area contributed by atoms with Crippen molar-refractivity contribution in [3.05, 3.63) is 11.8 Å². The van der Waals surface area contributed by atoms with Crippen LogP contribution in [0.3, 0.4) is 0 Å². The van der Waals surface area contributed by atoms with E-state index in [1.165, 1.54) is 0 Å². The molecular weight excluding hydrogens is 224 g/mol. The molecule has 5 heteroatoms. The first kappa shape index (κ1) is 13.1. The zero-order valence-electron chi connectivity index (χ0n) is 9.99. The van der Waals surface area contributed by atoms with Gasteiger partial charge in [0.1, 0.15) is 0 Å². The van der Waals surface area contributed by atoms with Gasteiger partial charge in [0.05, 0.1) is 12.5 Å². The summed E-state index contributed by atoms with van der Waals surface area (Å²) in [6.45, 7) is 9.90. The van der Waals surface area contributed by atoms with E-state index in [9.17, 15) is 9.59 Å². The summed E-state index contributed by atoms with van der Waals surface area (Å²) in [6, 6.07) is 0. The molecule has 0 radical (unpaired) electrons. The molecule has 1 unspecified atom stereocenters. The standard InChI is InChI=1S/C11H18O4Si/c1-8(2)16(3,4)15-9-5-10(7-12)14-11(13)6-9/h7,9-10H,1,5-6H2,2-4H3/t9-,10?/m1/s1. The Bertz CT molecular complexity index is 311. The van der Waals surface area contributed by atoms with Gasteiger partial charge in [0, 0.05) is 6.42 Å². The minimum atomic E-state index is -1.96. The molecule has 0 N–H and O–H groups in total. The highest BCUT2D eigenvalue weighted by atomic mass is 28.4. The van der Waals surface area contributed by atoms with Crippen molar-refractivity contribution in [1.82, 2.24) is 0 Å². The molecule has 1 aliphatic rings. The van der Waals surface area contributed by atoms with E-state index in [1.54, 1.807) is 0 Å². The van der Waals surface area contributed by atoms with Gasteiger partial charge in [-0.3, -0.25) is 9.59 Å². The molecule has 1 rings (SSSR count). The lowest BCUT2D eigenvalue weighted by atomic mass is 10.1. The summed E-state index contributed by atoms with van der Waals surface area (Å²) in [5, 5.41) is 1.02. The number of esters is 1. The molecule has 0 aromatic heterocycles. The number of cyclic esters (lactones) is 1. The second kappa shape index (κ2) is 4.93. The number of carbonyl (C=O) groups excluding carboxylic acids is 2. The highest BCUT2D eigenvalue weighted by molar-refractivity contribution is 6.78. The molecule has 1 heterocycles. The molecule has 90 valence electrons. The SMILES string of the molecule is C=C(C)[Si](C)(C)O[C@H]1CC(=O)OC(C=O)C1. The van der Waals surface area contributed by atoms with Gasteiger partial charge in [-0.2, -0.15) is 0 Å². The first-order chi connectivity index (χ1) is 7.35. The Morgan fingerprint density at radius 2 is 2.25 bits per heavy atom. The van der Waals surface area contributed by atoms with Crippen LogP contribution in [0.4, 0.5) is 0 Å². The maximum Gasteiger partial charge on any atom is 0.309 e. The fourth-order valence-corrected chi connectivity index (χ4v) is 2.70. The Hall–Kier alpha value is -0.943. The Morgan fingerprint density at radius 3 is 2.75 bits per heavy atom. The first-order valence-electron chi connectivity index (χ1n) is 5.33. The summed E-state index contributed by atoms with van der Waals surface area (Å²) in [4.78, 5) is 21.8. The third-order valence-electron chi connectivity index (χ3n) is 2.81. The van der Waals surface area contributed by atoms with Crippen molar-refractivity contribution in [3.8, 4) is 0 Å². The molecule has 2 atom stereocenters. The van der Waals surface area contributed by atoms with E-state index in [0.29, 0.717) is 12.7 Å². The molecule has 0 aromatic rings. The van der Waals surface area contributed by atoms with Crippen LogP contribution in [0.1, 0.15) is 19.8 Å². The molecule has 16 heavy (non-hydrogen) atoms. The quantitative estimate of drug-likeness (QED) is 0.427. The molecule has 0 saturated carbocycles. The Kier molecular flexibility index (Phi) is 4.04. The largest absolute Gasteiger partial charge is 0.454 e. The number of rotatable bonds is 4. The van der Waals surface area contributed by atoms with Crippen molar-refractivity contribution in [1.29, 1.82) is 0 Å². The van der Waals surface area contributed by atoms with Gasteiger partial charge < -0.3 is 9.16 Å². The fourth-order valence-electron chi connectivity index (χ4n) is 1.48. The second-order valence-corrected chi connectivity index (χ2v) is 8.74. The lowest BCUT2D eigenvalue weighted by molar-refractivity contribution is -0.161. The van der Waals surface area contributed by atoms with Gasteiger partial charge in [0.2, 0.25) is 8.32 Å². The zero-order chi connectivity index (χ0) is 12.3. The third kappa shape index (κ3) is 3.28. The molecule has 0 spiro atoms. The van der Waals surface area contributed by atoms with E-state index in [1.807, 2.05) is 20.0 Å². The third-order valence-corrected chi connectivity index (χ3v) is 5.79. The first-order valence-corrected chi connectivity index (χ1v) is 8.24. The summed E-state index contributed by atoms with van der Waals surface area (Å²) in [6.07, 6.45) is 0.478. The zero-order valence-corrected chi connectivity index (χ0v) is 11.0. The topological polar surface area (TPSA) is 52.6 Å². The minimum absolute atomic E-state index is 0.213. The van der Waals surface area contributed by atoms with Crippen molar-refractivity contribution in [2.75, 3.05) is 0 Å². The molecule has 0 aliphatic carbocycles. The predicted octanol–water partition coefficient (Wildman–Crippen LogP) is 1.60. The van der Waals surface area contributed by atoms with Gasteiger partial charge in [-0.05, 0) is 20.0 Å². The van der Waals surface area contributed by atoms with Crippen molar-refractivity contribution in [2.24, 2.45) is 0 Å². The lowest BCUT2D eigenvalue weighted by Gasteiger charge is -2.33. The molecular formula is C11H18O4Si. The van der Waals surface area contributed by atoms with E-state index in [2.05, 4.69) is 6.58 Å². The van der Waals surface area contributed by atoms with Gasteiger partial charge in [0.15, 0.2) is 12.4 Å². The molecule has 4 nitrogen and oxygen atoms in total. The van der Waals surface area contributed by atoms with Crippen LogP contribution in [0.5, 0.6) is 0 Å². The minimum Gasteiger partial charge on any atom is -0.454 e. The van der Waals surface area contributed by atoms with Crippen LogP contribution in [0.25, 0.3) is 0 Å². The van der Waals surface area contributed by atoms with E-state index >= 15 is 0 Å². The maximum absolute atomic E-state index is 11.2. The van der Waals surface area contributed by atoms with Crippen molar-refractivity contribution >= 4 is 20.6 Å². The number of aldehydes is 1. The maximum atomic E-state index is 11.2. The monoisotopic (exact) mass is 242 g/mol. The summed E-state index contributed by atoms with van der Waals surface area (Å²) in [7, 11) is -1.96. The van der Waals surface area contributed by atoms with Crippen LogP contribution in [-0.4, -0.2) is 32.8 Å². The summed E-state index contributed by atoms with van der Waals surface area (Å²) >= 11 is 0. The highest BCUT2D eigenvalue weighted by Crippen LogP contribution is 2.23. The van der Waals surface area contributed by atoms with Gasteiger partial charge in [-0.15, -0.1) is 6.58 Å². The van der Waals surface area contributed by atoms with Crippen LogP contribution in [0.15, 0.2) is 11.8 Å². The Morgan fingerprint density at radius 1 is 1.62 bits per heavy atom. The van der Waals surface area contributed by atoms with Gasteiger partial charge in [0.25, 0.3) is 0 Å². The lowest BCUT2D eigenvalue weighted by Crippen LogP contribution is -2.43. The average molecular weight is 242 g/mol. The van der Waals surface area contributed by atoms with Gasteiger partial charge in [-0.25, -0.2) is 0 Å². The van der Waals surface area contributed by atoms with E-state index in [0.717, 1.165) is 5.20 Å². The van der Waals surface area contributed by atoms with Gasteiger partial charge in [-0.1, -0.05) is 5.20 Å². The van der Waals surface area contributed by atoms with E-state index in [4.69, 9.17) is 9.16 Å². The summed E-state index contributed by atoms with van der Waals surface area (Å²) in [5.74, 6) is -0.361. The average Bonchev–Trinajstić information content (AvgIpc) is 2.15. The highest BCUT2D eigenvalue weighted by Gasteiger charge is 2.34. The van der Waals surface area contributed by atoms with Crippen molar-refractivity contribution in [3.63, 3.8) is 0 Å². The van der Waals surface area contributed by atoms with Crippen molar-refractivity contribution in [2.45, 2.75) is 45.1 Å². The Balaban J connectivity index is 2.63. The molecule has 1 saturated heterocycles. The van der Waals surface area contributed by atoms with Crippen LogP contribution >= 0.6 is 0 Å². The molecule has 0 amide bonds. The van der Waals surface area contributed by atoms with Crippen LogP contribution in [0.2, 0.25) is 13.1 Å². The van der Waals surface area contributed by atoms with Crippen LogP contribution < -0.4 is 0 Å². The molecule has 0 aromatic carbocycles. The fraction of sp³-hybridized carbons (Fsp3) is 0.636. The molecule has 0 bridgehead atoms. The summed E-state index contributed by atoms with van der Waals surface area (Å²) < 4.78 is 10.8. The normalized spacial score (nSPS) is 26.1. The van der Waals surface area contributed by atoms with Crippen LogP contribution in [-0.2, 0) is 18.8 Å².